The number of anilines is 3. The molecular weight excluding hydrogens is 491 g/mol. The van der Waals surface area contributed by atoms with Crippen LogP contribution >= 0.6 is 24.0 Å². The van der Waals surface area contributed by atoms with Crippen LogP contribution in [0.25, 0.3) is 0 Å². The van der Waals surface area contributed by atoms with Crippen LogP contribution in [0.5, 0.6) is 5.75 Å². The summed E-state index contributed by atoms with van der Waals surface area (Å²) in [4.78, 5) is 15.9. The van der Waals surface area contributed by atoms with Gasteiger partial charge < -0.3 is 25.2 Å². The quantitative estimate of drug-likeness (QED) is 0.317. The Balaban J connectivity index is -0.000000376. The minimum absolute atomic E-state index is 0. The van der Waals surface area contributed by atoms with Crippen molar-refractivity contribution in [1.29, 1.82) is 0 Å². The van der Waals surface area contributed by atoms with Crippen LogP contribution in [0.1, 0.15) is 48.0 Å². The van der Waals surface area contributed by atoms with Gasteiger partial charge in [0.05, 0.1) is 24.2 Å². The van der Waals surface area contributed by atoms with Gasteiger partial charge in [-0.3, -0.25) is 4.79 Å². The van der Waals surface area contributed by atoms with E-state index >= 15 is 0 Å². The molecule has 0 aliphatic carbocycles. The van der Waals surface area contributed by atoms with Crippen LogP contribution in [-0.2, 0) is 4.79 Å². The molecule has 6 nitrogen and oxygen atoms in total. The molecule has 0 aromatic heterocycles. The van der Waals surface area contributed by atoms with Crippen molar-refractivity contribution in [1.82, 2.24) is 4.90 Å². The van der Waals surface area contributed by atoms with E-state index in [2.05, 4.69) is 40.9 Å². The summed E-state index contributed by atoms with van der Waals surface area (Å²) in [6.07, 6.45) is 2.51. The molecule has 1 rings (SSSR count). The zero-order valence-electron chi connectivity index (χ0n) is 21.2. The fourth-order valence-electron chi connectivity index (χ4n) is 2.00. The van der Waals surface area contributed by atoms with Crippen molar-refractivity contribution >= 4 is 46.9 Å². The average molecular weight is 539 g/mol. The third kappa shape index (κ3) is 15.4. The summed E-state index contributed by atoms with van der Waals surface area (Å²) < 4.78 is 5.41. The van der Waals surface area contributed by atoms with E-state index in [1.807, 2.05) is 68.0 Å². The first-order valence-corrected chi connectivity index (χ1v) is 10.5. The molecule has 0 bridgehead atoms. The molecule has 1 aromatic rings. The van der Waals surface area contributed by atoms with E-state index in [4.69, 9.17) is 4.74 Å². The largest absolute Gasteiger partial charge is 0.495 e. The molecule has 0 saturated carbocycles. The number of carbonyl (C=O) groups is 1. The standard InChI is InChI=1S/C16H26N4O2.C3H8.2C2H6.HI/c1-7-16(21)18-12-10-13(17-2)15(22-6)11-14(12)20(5)9-8-19(3)4;1-3-2;2*1-2;/h7,10-11,17H,1,8-9H2,2-6H3,(H,18,21);3H2,1-2H3;2*1-2H3;1H. The number of benzene rings is 1. The lowest BCUT2D eigenvalue weighted by Gasteiger charge is -2.25. The Labute approximate surface area is 203 Å². The lowest BCUT2D eigenvalue weighted by Crippen LogP contribution is -2.29. The summed E-state index contributed by atoms with van der Waals surface area (Å²) in [6, 6.07) is 3.78. The van der Waals surface area contributed by atoms with Crippen molar-refractivity contribution < 1.29 is 9.53 Å². The molecule has 30 heavy (non-hydrogen) atoms. The van der Waals surface area contributed by atoms with Gasteiger partial charge in [0, 0.05) is 33.3 Å². The topological polar surface area (TPSA) is 56.8 Å². The molecule has 178 valence electrons. The van der Waals surface area contributed by atoms with Crippen LogP contribution < -0.4 is 20.3 Å². The molecule has 0 heterocycles. The van der Waals surface area contributed by atoms with E-state index in [1.165, 1.54) is 12.5 Å². The smallest absolute Gasteiger partial charge is 0.247 e. The van der Waals surface area contributed by atoms with Crippen LogP contribution in [0.3, 0.4) is 0 Å². The van der Waals surface area contributed by atoms with Crippen LogP contribution in [-0.4, -0.2) is 59.2 Å². The Morgan fingerprint density at radius 3 is 1.93 bits per heavy atom. The first-order chi connectivity index (χ1) is 13.8. The van der Waals surface area contributed by atoms with Crippen molar-refractivity contribution in [2.24, 2.45) is 0 Å². The number of nitrogens with one attached hydrogen (secondary N) is 2. The Hall–Kier alpha value is -1.48. The first kappa shape index (κ1) is 35.9. The number of methoxy groups -OCH3 is 1. The van der Waals surface area contributed by atoms with Gasteiger partial charge in [-0.05, 0) is 26.2 Å². The normalized spacial score (nSPS) is 8.53. The number of ether oxygens (including phenoxy) is 1. The Morgan fingerprint density at radius 1 is 1.07 bits per heavy atom. The molecule has 0 aliphatic rings. The summed E-state index contributed by atoms with van der Waals surface area (Å²) >= 11 is 0. The van der Waals surface area contributed by atoms with Gasteiger partial charge in [0.2, 0.25) is 5.91 Å². The predicted octanol–water partition coefficient (Wildman–Crippen LogP) is 5.95. The minimum atomic E-state index is -0.241. The fraction of sp³-hybridized carbons (Fsp3) is 0.609. The lowest BCUT2D eigenvalue weighted by molar-refractivity contribution is -0.111. The summed E-state index contributed by atoms with van der Waals surface area (Å²) in [6.45, 7) is 17.5. The second-order valence-electron chi connectivity index (χ2n) is 5.94. The van der Waals surface area contributed by atoms with Crippen molar-refractivity contribution in [2.75, 3.05) is 63.9 Å². The molecule has 0 atom stereocenters. The molecule has 2 N–H and O–H groups in total. The molecule has 1 aromatic carbocycles. The minimum Gasteiger partial charge on any atom is -0.495 e. The van der Waals surface area contributed by atoms with Gasteiger partial charge in [0.15, 0.2) is 0 Å². The SMILES string of the molecule is C=CC(=O)Nc1cc(NC)c(OC)cc1N(C)CCN(C)C.CC.CC.CCC.I. The highest BCUT2D eigenvalue weighted by atomic mass is 127. The maximum absolute atomic E-state index is 11.7. The molecule has 0 radical (unpaired) electrons. The predicted molar refractivity (Wildman–Crippen MR) is 147 cm³/mol. The number of hydrogen-bond donors (Lipinski definition) is 2. The highest BCUT2D eigenvalue weighted by Crippen LogP contribution is 2.36. The number of hydrogen-bond acceptors (Lipinski definition) is 5. The summed E-state index contributed by atoms with van der Waals surface area (Å²) in [5, 5.41) is 5.91. The third-order valence-electron chi connectivity index (χ3n) is 3.32. The summed E-state index contributed by atoms with van der Waals surface area (Å²) in [5.41, 5.74) is 2.43. The zero-order valence-corrected chi connectivity index (χ0v) is 23.5. The second kappa shape index (κ2) is 23.8. The molecule has 0 saturated heterocycles. The Kier molecular flexibility index (Phi) is 28.5. The van der Waals surface area contributed by atoms with Crippen LogP contribution in [0.4, 0.5) is 17.1 Å². The van der Waals surface area contributed by atoms with Gasteiger partial charge in [0.1, 0.15) is 5.75 Å². The molecule has 0 aliphatic heterocycles. The number of likely N-dealkylation sites (N-methyl/N-ethyl adjacent to an activating group) is 2. The van der Waals surface area contributed by atoms with Crippen LogP contribution in [0.2, 0.25) is 0 Å². The van der Waals surface area contributed by atoms with Crippen molar-refractivity contribution in [3.05, 3.63) is 24.8 Å². The van der Waals surface area contributed by atoms with E-state index in [-0.39, 0.29) is 29.9 Å². The van der Waals surface area contributed by atoms with E-state index in [9.17, 15) is 4.79 Å². The van der Waals surface area contributed by atoms with Crippen LogP contribution in [0, 0.1) is 0 Å². The van der Waals surface area contributed by atoms with Gasteiger partial charge in [-0.1, -0.05) is 54.5 Å². The maximum Gasteiger partial charge on any atom is 0.247 e. The molecule has 1 amide bonds. The monoisotopic (exact) mass is 538 g/mol. The Morgan fingerprint density at radius 2 is 1.57 bits per heavy atom. The average Bonchev–Trinajstić information content (AvgIpc) is 2.74. The number of carbonyl (C=O) groups excluding carboxylic acids is 1. The summed E-state index contributed by atoms with van der Waals surface area (Å²) in [5.74, 6) is 0.486. The van der Waals surface area contributed by atoms with Crippen molar-refractivity contribution in [3.8, 4) is 5.75 Å². The molecule has 0 fully saturated rings. The highest BCUT2D eigenvalue weighted by molar-refractivity contribution is 14.0. The van der Waals surface area contributed by atoms with E-state index in [0.717, 1.165) is 35.9 Å². The van der Waals surface area contributed by atoms with Gasteiger partial charge in [-0.2, -0.15) is 0 Å². The number of nitrogens with zero attached hydrogens (tertiary/aromatic N) is 2. The van der Waals surface area contributed by atoms with E-state index < -0.39 is 0 Å². The van der Waals surface area contributed by atoms with Gasteiger partial charge in [0.25, 0.3) is 0 Å². The molecule has 0 unspecified atom stereocenters. The van der Waals surface area contributed by atoms with E-state index in [0.29, 0.717) is 0 Å². The number of rotatable bonds is 8. The molecule has 7 heteroatoms. The van der Waals surface area contributed by atoms with E-state index in [1.54, 1.807) is 7.11 Å². The zero-order chi connectivity index (χ0) is 23.4. The maximum atomic E-state index is 11.7. The third-order valence-corrected chi connectivity index (χ3v) is 3.32. The van der Waals surface area contributed by atoms with Crippen molar-refractivity contribution in [2.45, 2.75) is 48.0 Å². The molecular formula is C23H47IN4O2. The number of amides is 1. The van der Waals surface area contributed by atoms with Gasteiger partial charge in [-0.25, -0.2) is 0 Å². The molecule has 0 spiro atoms. The second-order valence-corrected chi connectivity index (χ2v) is 5.94. The summed E-state index contributed by atoms with van der Waals surface area (Å²) in [7, 11) is 9.48. The lowest BCUT2D eigenvalue weighted by atomic mass is 10.2. The number of halogens is 1. The van der Waals surface area contributed by atoms with Gasteiger partial charge >= 0.3 is 0 Å². The first-order valence-electron chi connectivity index (χ1n) is 10.5. The van der Waals surface area contributed by atoms with Gasteiger partial charge in [-0.15, -0.1) is 24.0 Å². The fourth-order valence-corrected chi connectivity index (χ4v) is 2.00. The highest BCUT2D eigenvalue weighted by Gasteiger charge is 2.14. The Bertz CT molecular complexity index is 552. The van der Waals surface area contributed by atoms with Crippen molar-refractivity contribution in [3.63, 3.8) is 0 Å². The van der Waals surface area contributed by atoms with Crippen LogP contribution in [0.15, 0.2) is 24.8 Å².